The number of halogens is 1. The highest BCUT2D eigenvalue weighted by Crippen LogP contribution is 2.24. The molecule has 0 aliphatic heterocycles. The molecular weight excluding hydrogens is 271 g/mol. The minimum absolute atomic E-state index is 0.111. The molecule has 0 atom stereocenters. The number of carbonyl (C=O) groups is 1. The van der Waals surface area contributed by atoms with Crippen molar-refractivity contribution in [3.63, 3.8) is 0 Å². The fourth-order valence-corrected chi connectivity index (χ4v) is 1.97. The summed E-state index contributed by atoms with van der Waals surface area (Å²) in [5.74, 6) is -0.822. The predicted molar refractivity (Wildman–Crippen MR) is 81.7 cm³/mol. The number of nitrogens with zero attached hydrogens (tertiary/aromatic N) is 1. The Bertz CT molecular complexity index is 656. The Morgan fingerprint density at radius 2 is 1.90 bits per heavy atom. The monoisotopic (exact) mass is 288 g/mol. The lowest BCUT2D eigenvalue weighted by Gasteiger charge is -2.17. The van der Waals surface area contributed by atoms with Crippen LogP contribution in [0.25, 0.3) is 0 Å². The van der Waals surface area contributed by atoms with Gasteiger partial charge in [0.05, 0.1) is 18.5 Å². The first kappa shape index (κ1) is 14.8. The fraction of sp³-hybridized carbons (Fsp3) is 0.188. The number of methoxy groups -OCH3 is 1. The van der Waals surface area contributed by atoms with E-state index in [9.17, 15) is 9.18 Å². The number of benzene rings is 2. The summed E-state index contributed by atoms with van der Waals surface area (Å²) in [6.45, 7) is 0. The molecule has 0 fully saturated rings. The third-order valence-corrected chi connectivity index (χ3v) is 3.05. The number of amides is 1. The van der Waals surface area contributed by atoms with Gasteiger partial charge in [0.15, 0.2) is 11.6 Å². The maximum absolute atomic E-state index is 13.6. The quantitative estimate of drug-likeness (QED) is 0.939. The minimum Gasteiger partial charge on any atom is -0.494 e. The average molecular weight is 288 g/mol. The van der Waals surface area contributed by atoms with E-state index >= 15 is 0 Å². The third-order valence-electron chi connectivity index (χ3n) is 3.05. The second-order valence-electron chi connectivity index (χ2n) is 4.72. The second kappa shape index (κ2) is 6.26. The number of anilines is 2. The molecular formula is C16H17FN2O2. The zero-order valence-corrected chi connectivity index (χ0v) is 12.2. The first-order chi connectivity index (χ1) is 10.0. The van der Waals surface area contributed by atoms with E-state index in [1.54, 1.807) is 6.07 Å². The molecule has 0 heterocycles. The standard InChI is InChI=1S/C16H17FN2O2/c1-19(2)14-7-5-4-6-13(14)18-16(20)11-8-9-15(21-3)12(17)10-11/h4-10H,1-3H3,(H,18,20). The SMILES string of the molecule is COc1ccc(C(=O)Nc2ccccc2N(C)C)cc1F. The summed E-state index contributed by atoms with van der Waals surface area (Å²) in [5, 5.41) is 2.78. The van der Waals surface area contributed by atoms with Crippen LogP contribution in [-0.4, -0.2) is 27.1 Å². The van der Waals surface area contributed by atoms with Crippen LogP contribution in [0.4, 0.5) is 15.8 Å². The smallest absolute Gasteiger partial charge is 0.255 e. The summed E-state index contributed by atoms with van der Waals surface area (Å²) in [5.41, 5.74) is 1.78. The zero-order chi connectivity index (χ0) is 15.4. The highest BCUT2D eigenvalue weighted by Gasteiger charge is 2.12. The molecule has 0 aliphatic rings. The summed E-state index contributed by atoms with van der Waals surface area (Å²) < 4.78 is 18.5. The number of hydrogen-bond acceptors (Lipinski definition) is 3. The molecule has 2 aromatic rings. The summed E-state index contributed by atoms with van der Waals surface area (Å²) in [7, 11) is 5.15. The van der Waals surface area contributed by atoms with Crippen LogP contribution in [0.15, 0.2) is 42.5 Å². The maximum Gasteiger partial charge on any atom is 0.255 e. The lowest BCUT2D eigenvalue weighted by atomic mass is 10.2. The van der Waals surface area contributed by atoms with Crippen LogP contribution in [0.5, 0.6) is 5.75 Å². The summed E-state index contributed by atoms with van der Waals surface area (Å²) >= 11 is 0. The second-order valence-corrected chi connectivity index (χ2v) is 4.72. The number of rotatable bonds is 4. The van der Waals surface area contributed by atoms with Crippen molar-refractivity contribution in [2.24, 2.45) is 0 Å². The van der Waals surface area contributed by atoms with Crippen molar-refractivity contribution in [2.75, 3.05) is 31.4 Å². The highest BCUT2D eigenvalue weighted by molar-refractivity contribution is 6.06. The van der Waals surface area contributed by atoms with Gasteiger partial charge in [-0.25, -0.2) is 4.39 Å². The Morgan fingerprint density at radius 3 is 2.52 bits per heavy atom. The van der Waals surface area contributed by atoms with Gasteiger partial charge in [-0.05, 0) is 30.3 Å². The van der Waals surface area contributed by atoms with Gasteiger partial charge in [-0.3, -0.25) is 4.79 Å². The van der Waals surface area contributed by atoms with E-state index in [-0.39, 0.29) is 17.2 Å². The van der Waals surface area contributed by atoms with Crippen LogP contribution >= 0.6 is 0 Å². The van der Waals surface area contributed by atoms with Crippen LogP contribution < -0.4 is 15.0 Å². The molecule has 0 bridgehead atoms. The molecule has 110 valence electrons. The van der Waals surface area contributed by atoms with Crippen molar-refractivity contribution in [1.82, 2.24) is 0 Å². The number of para-hydroxylation sites is 2. The van der Waals surface area contributed by atoms with Crippen molar-refractivity contribution in [2.45, 2.75) is 0 Å². The van der Waals surface area contributed by atoms with Gasteiger partial charge in [-0.2, -0.15) is 0 Å². The Labute approximate surface area is 123 Å². The molecule has 4 nitrogen and oxygen atoms in total. The largest absolute Gasteiger partial charge is 0.494 e. The molecule has 21 heavy (non-hydrogen) atoms. The Hall–Kier alpha value is -2.56. The summed E-state index contributed by atoms with van der Waals surface area (Å²) in [6.07, 6.45) is 0. The molecule has 5 heteroatoms. The van der Waals surface area contributed by atoms with Gasteiger partial charge in [-0.1, -0.05) is 12.1 Å². The predicted octanol–water partition coefficient (Wildman–Crippen LogP) is 3.15. The Balaban J connectivity index is 2.24. The van der Waals surface area contributed by atoms with Crippen LogP contribution in [0, 0.1) is 5.82 Å². The van der Waals surface area contributed by atoms with Crippen molar-refractivity contribution in [3.8, 4) is 5.75 Å². The van der Waals surface area contributed by atoms with Gasteiger partial charge < -0.3 is 15.0 Å². The van der Waals surface area contributed by atoms with E-state index in [0.717, 1.165) is 11.8 Å². The van der Waals surface area contributed by atoms with Gasteiger partial charge in [0, 0.05) is 19.7 Å². The molecule has 0 saturated heterocycles. The fourth-order valence-electron chi connectivity index (χ4n) is 1.97. The Kier molecular flexibility index (Phi) is 4.42. The average Bonchev–Trinajstić information content (AvgIpc) is 2.47. The van der Waals surface area contributed by atoms with Gasteiger partial charge in [0.25, 0.3) is 5.91 Å². The maximum atomic E-state index is 13.6. The summed E-state index contributed by atoms with van der Waals surface area (Å²) in [4.78, 5) is 14.1. The van der Waals surface area contributed by atoms with Crippen LogP contribution in [-0.2, 0) is 0 Å². The topological polar surface area (TPSA) is 41.6 Å². The van der Waals surface area contributed by atoms with E-state index in [1.165, 1.54) is 19.2 Å². The summed E-state index contributed by atoms with van der Waals surface area (Å²) in [6, 6.07) is 11.5. The number of hydrogen-bond donors (Lipinski definition) is 1. The van der Waals surface area contributed by atoms with Crippen molar-refractivity contribution >= 4 is 17.3 Å². The van der Waals surface area contributed by atoms with E-state index in [1.807, 2.05) is 37.2 Å². The molecule has 0 aliphatic carbocycles. The van der Waals surface area contributed by atoms with Gasteiger partial charge in [0.1, 0.15) is 0 Å². The minimum atomic E-state index is -0.564. The van der Waals surface area contributed by atoms with Gasteiger partial charge in [0.2, 0.25) is 0 Å². The van der Waals surface area contributed by atoms with E-state index in [4.69, 9.17) is 4.74 Å². The molecule has 1 N–H and O–H groups in total. The van der Waals surface area contributed by atoms with Crippen LogP contribution in [0.3, 0.4) is 0 Å². The normalized spacial score (nSPS) is 10.1. The molecule has 0 radical (unpaired) electrons. The van der Waals surface area contributed by atoms with E-state index in [0.29, 0.717) is 5.69 Å². The van der Waals surface area contributed by atoms with Crippen LogP contribution in [0.2, 0.25) is 0 Å². The third kappa shape index (κ3) is 3.31. The van der Waals surface area contributed by atoms with Crippen molar-refractivity contribution < 1.29 is 13.9 Å². The lowest BCUT2D eigenvalue weighted by Crippen LogP contribution is -2.16. The first-order valence-electron chi connectivity index (χ1n) is 6.44. The molecule has 0 spiro atoms. The van der Waals surface area contributed by atoms with Gasteiger partial charge in [-0.15, -0.1) is 0 Å². The van der Waals surface area contributed by atoms with Crippen molar-refractivity contribution in [3.05, 3.63) is 53.8 Å². The van der Waals surface area contributed by atoms with E-state index in [2.05, 4.69) is 5.32 Å². The zero-order valence-electron chi connectivity index (χ0n) is 12.2. The van der Waals surface area contributed by atoms with Crippen molar-refractivity contribution in [1.29, 1.82) is 0 Å². The molecule has 2 aromatic carbocycles. The lowest BCUT2D eigenvalue weighted by molar-refractivity contribution is 0.102. The molecule has 2 rings (SSSR count). The number of carbonyl (C=O) groups excluding carboxylic acids is 1. The molecule has 0 aromatic heterocycles. The Morgan fingerprint density at radius 1 is 1.19 bits per heavy atom. The highest BCUT2D eigenvalue weighted by atomic mass is 19.1. The number of nitrogens with one attached hydrogen (secondary N) is 1. The molecule has 0 unspecified atom stereocenters. The van der Waals surface area contributed by atoms with E-state index < -0.39 is 5.82 Å². The molecule has 0 saturated carbocycles. The first-order valence-corrected chi connectivity index (χ1v) is 6.44. The molecule has 1 amide bonds. The van der Waals surface area contributed by atoms with Crippen LogP contribution in [0.1, 0.15) is 10.4 Å². The van der Waals surface area contributed by atoms with Gasteiger partial charge >= 0.3 is 0 Å². The number of ether oxygens (including phenoxy) is 1.